The minimum atomic E-state index is -0.402. The van der Waals surface area contributed by atoms with Gasteiger partial charge in [-0.2, -0.15) is 0 Å². The second-order valence-electron chi connectivity index (χ2n) is 3.08. The third-order valence-electron chi connectivity index (χ3n) is 2.08. The standard InChI is InChI=1S/C11H8FNO/c1-7(14)8-5-10(12)9-3-2-4-13-11(9)6-8/h2-6H,1H3. The van der Waals surface area contributed by atoms with E-state index < -0.39 is 5.82 Å². The van der Waals surface area contributed by atoms with E-state index in [9.17, 15) is 9.18 Å². The Bertz CT molecular complexity index is 508. The van der Waals surface area contributed by atoms with Crippen LogP contribution in [0.5, 0.6) is 0 Å². The van der Waals surface area contributed by atoms with Crippen molar-refractivity contribution in [3.8, 4) is 0 Å². The van der Waals surface area contributed by atoms with E-state index in [-0.39, 0.29) is 5.78 Å². The third kappa shape index (κ3) is 1.37. The lowest BCUT2D eigenvalue weighted by Gasteiger charge is -2.00. The molecule has 2 rings (SSSR count). The van der Waals surface area contributed by atoms with E-state index in [4.69, 9.17) is 0 Å². The molecule has 0 amide bonds. The van der Waals surface area contributed by atoms with Crippen LogP contribution in [-0.2, 0) is 0 Å². The highest BCUT2D eigenvalue weighted by atomic mass is 19.1. The van der Waals surface area contributed by atoms with Crippen LogP contribution >= 0.6 is 0 Å². The Kier molecular flexibility index (Phi) is 2.00. The van der Waals surface area contributed by atoms with E-state index in [1.165, 1.54) is 13.0 Å². The van der Waals surface area contributed by atoms with Gasteiger partial charge in [-0.25, -0.2) is 4.39 Å². The number of ketones is 1. The number of halogens is 1. The summed E-state index contributed by atoms with van der Waals surface area (Å²) in [6, 6.07) is 6.15. The molecular formula is C11H8FNO. The van der Waals surface area contributed by atoms with Crippen LogP contribution in [0.4, 0.5) is 4.39 Å². The Labute approximate surface area is 80.4 Å². The van der Waals surface area contributed by atoms with E-state index in [0.717, 1.165) is 0 Å². The molecule has 1 aromatic heterocycles. The molecule has 0 radical (unpaired) electrons. The van der Waals surface area contributed by atoms with E-state index in [1.807, 2.05) is 0 Å². The van der Waals surface area contributed by atoms with Crippen LogP contribution in [0.15, 0.2) is 30.5 Å². The number of hydrogen-bond donors (Lipinski definition) is 0. The number of carbonyl (C=O) groups is 1. The van der Waals surface area contributed by atoms with Crippen LogP contribution in [0.3, 0.4) is 0 Å². The zero-order valence-corrected chi connectivity index (χ0v) is 7.62. The Hall–Kier alpha value is -1.77. The molecule has 0 fully saturated rings. The first-order valence-electron chi connectivity index (χ1n) is 4.23. The Morgan fingerprint density at radius 2 is 2.21 bits per heavy atom. The summed E-state index contributed by atoms with van der Waals surface area (Å²) in [5.41, 5.74) is 0.867. The van der Waals surface area contributed by atoms with Gasteiger partial charge in [-0.05, 0) is 31.2 Å². The van der Waals surface area contributed by atoms with Crippen molar-refractivity contribution in [3.63, 3.8) is 0 Å². The highest BCUT2D eigenvalue weighted by Crippen LogP contribution is 2.17. The maximum Gasteiger partial charge on any atom is 0.159 e. The molecule has 0 spiro atoms. The van der Waals surface area contributed by atoms with Gasteiger partial charge < -0.3 is 0 Å². The molecule has 0 aliphatic rings. The summed E-state index contributed by atoms with van der Waals surface area (Å²) in [7, 11) is 0. The summed E-state index contributed by atoms with van der Waals surface area (Å²) in [4.78, 5) is 15.0. The third-order valence-corrected chi connectivity index (χ3v) is 2.08. The first-order chi connectivity index (χ1) is 6.68. The summed E-state index contributed by atoms with van der Waals surface area (Å²) < 4.78 is 13.4. The second kappa shape index (κ2) is 3.18. The van der Waals surface area contributed by atoms with Gasteiger partial charge in [0.2, 0.25) is 0 Å². The fourth-order valence-electron chi connectivity index (χ4n) is 1.34. The average Bonchev–Trinajstić information content (AvgIpc) is 2.17. The molecule has 0 atom stereocenters. The lowest BCUT2D eigenvalue weighted by molar-refractivity contribution is 0.101. The van der Waals surface area contributed by atoms with E-state index in [2.05, 4.69) is 4.98 Å². The van der Waals surface area contributed by atoms with Gasteiger partial charge in [0.15, 0.2) is 5.78 Å². The summed E-state index contributed by atoms with van der Waals surface area (Å²) in [5.74, 6) is -0.558. The monoisotopic (exact) mass is 189 g/mol. The number of fused-ring (bicyclic) bond motifs is 1. The van der Waals surface area contributed by atoms with Gasteiger partial charge in [-0.3, -0.25) is 9.78 Å². The van der Waals surface area contributed by atoms with Crippen LogP contribution in [0.1, 0.15) is 17.3 Å². The SMILES string of the molecule is CC(=O)c1cc(F)c2cccnc2c1. The van der Waals surface area contributed by atoms with Gasteiger partial charge in [-0.1, -0.05) is 0 Å². The van der Waals surface area contributed by atoms with Gasteiger partial charge in [0.1, 0.15) is 5.82 Å². The number of nitrogens with zero attached hydrogens (tertiary/aromatic N) is 1. The number of benzene rings is 1. The number of Topliss-reactive ketones (excluding diaryl/α,β-unsaturated/α-hetero) is 1. The first kappa shape index (κ1) is 8.81. The van der Waals surface area contributed by atoms with E-state index in [1.54, 1.807) is 24.4 Å². The van der Waals surface area contributed by atoms with Crippen molar-refractivity contribution in [2.45, 2.75) is 6.92 Å². The maximum absolute atomic E-state index is 13.4. The van der Waals surface area contributed by atoms with Crippen molar-refractivity contribution in [2.24, 2.45) is 0 Å². The summed E-state index contributed by atoms with van der Waals surface area (Å²) in [6.45, 7) is 1.41. The largest absolute Gasteiger partial charge is 0.295 e. The fourth-order valence-corrected chi connectivity index (χ4v) is 1.34. The number of aromatic nitrogens is 1. The molecule has 14 heavy (non-hydrogen) atoms. The minimum absolute atomic E-state index is 0.156. The van der Waals surface area contributed by atoms with Crippen molar-refractivity contribution >= 4 is 16.7 Å². The molecule has 1 heterocycles. The predicted molar refractivity (Wildman–Crippen MR) is 51.7 cm³/mol. The summed E-state index contributed by atoms with van der Waals surface area (Å²) >= 11 is 0. The maximum atomic E-state index is 13.4. The number of pyridine rings is 1. The molecule has 3 heteroatoms. The van der Waals surface area contributed by atoms with Crippen LogP contribution in [0, 0.1) is 5.82 Å². The molecule has 1 aromatic carbocycles. The molecule has 0 aliphatic carbocycles. The van der Waals surface area contributed by atoms with Crippen molar-refractivity contribution < 1.29 is 9.18 Å². The Balaban J connectivity index is 2.78. The van der Waals surface area contributed by atoms with Crippen molar-refractivity contribution in [3.05, 3.63) is 41.8 Å². The predicted octanol–water partition coefficient (Wildman–Crippen LogP) is 2.58. The minimum Gasteiger partial charge on any atom is -0.295 e. The number of rotatable bonds is 1. The molecule has 0 saturated heterocycles. The lowest BCUT2D eigenvalue weighted by atomic mass is 10.1. The topological polar surface area (TPSA) is 30.0 Å². The molecule has 0 N–H and O–H groups in total. The second-order valence-corrected chi connectivity index (χ2v) is 3.08. The lowest BCUT2D eigenvalue weighted by Crippen LogP contribution is -1.94. The zero-order chi connectivity index (χ0) is 10.1. The molecular weight excluding hydrogens is 181 g/mol. The van der Waals surface area contributed by atoms with Crippen LogP contribution in [0.2, 0.25) is 0 Å². The normalized spacial score (nSPS) is 10.4. The molecule has 2 aromatic rings. The molecule has 0 saturated carbocycles. The van der Waals surface area contributed by atoms with Crippen molar-refractivity contribution in [2.75, 3.05) is 0 Å². The molecule has 0 unspecified atom stereocenters. The number of carbonyl (C=O) groups excluding carboxylic acids is 1. The van der Waals surface area contributed by atoms with Gasteiger partial charge in [0, 0.05) is 17.1 Å². The van der Waals surface area contributed by atoms with E-state index in [0.29, 0.717) is 16.5 Å². The Morgan fingerprint density at radius 3 is 2.93 bits per heavy atom. The fraction of sp³-hybridized carbons (Fsp3) is 0.0909. The number of hydrogen-bond acceptors (Lipinski definition) is 2. The Morgan fingerprint density at radius 1 is 1.43 bits per heavy atom. The van der Waals surface area contributed by atoms with Crippen LogP contribution in [-0.4, -0.2) is 10.8 Å². The van der Waals surface area contributed by atoms with Gasteiger partial charge in [0.25, 0.3) is 0 Å². The molecule has 0 bridgehead atoms. The molecule has 0 aliphatic heterocycles. The highest BCUT2D eigenvalue weighted by molar-refractivity contribution is 5.97. The first-order valence-corrected chi connectivity index (χ1v) is 4.23. The van der Waals surface area contributed by atoms with Crippen LogP contribution < -0.4 is 0 Å². The molecule has 70 valence electrons. The summed E-state index contributed by atoms with van der Waals surface area (Å²) in [6.07, 6.45) is 1.58. The average molecular weight is 189 g/mol. The van der Waals surface area contributed by atoms with Crippen molar-refractivity contribution in [1.29, 1.82) is 0 Å². The van der Waals surface area contributed by atoms with Gasteiger partial charge in [-0.15, -0.1) is 0 Å². The van der Waals surface area contributed by atoms with Gasteiger partial charge >= 0.3 is 0 Å². The van der Waals surface area contributed by atoms with Crippen LogP contribution in [0.25, 0.3) is 10.9 Å². The van der Waals surface area contributed by atoms with Gasteiger partial charge in [0.05, 0.1) is 5.52 Å². The highest BCUT2D eigenvalue weighted by Gasteiger charge is 2.06. The molecule has 2 nitrogen and oxygen atoms in total. The summed E-state index contributed by atoms with van der Waals surface area (Å²) in [5, 5.41) is 0.442. The van der Waals surface area contributed by atoms with E-state index >= 15 is 0 Å². The smallest absolute Gasteiger partial charge is 0.159 e. The zero-order valence-electron chi connectivity index (χ0n) is 7.62. The quantitative estimate of drug-likeness (QED) is 0.645. The van der Waals surface area contributed by atoms with Crippen molar-refractivity contribution in [1.82, 2.24) is 4.98 Å².